The summed E-state index contributed by atoms with van der Waals surface area (Å²) in [6.45, 7) is 0.950. The van der Waals surface area contributed by atoms with Gasteiger partial charge in [0.15, 0.2) is 13.1 Å². The molecule has 0 fully saturated rings. The number of halogens is 2. The Hall–Kier alpha value is -2.08. The van der Waals surface area contributed by atoms with Crippen LogP contribution in [-0.2, 0) is 16.1 Å². The lowest BCUT2D eigenvalue weighted by Gasteiger charge is -2.20. The first-order chi connectivity index (χ1) is 12.3. The Bertz CT molecular complexity index is 769. The van der Waals surface area contributed by atoms with Gasteiger partial charge in [0.1, 0.15) is 0 Å². The summed E-state index contributed by atoms with van der Waals surface area (Å²) in [6.07, 6.45) is 0. The lowest BCUT2D eigenvalue weighted by molar-refractivity contribution is -0.862. The van der Waals surface area contributed by atoms with Crippen molar-refractivity contribution in [3.63, 3.8) is 0 Å². The Morgan fingerprint density at radius 1 is 1.04 bits per heavy atom. The van der Waals surface area contributed by atoms with E-state index in [1.54, 1.807) is 30.1 Å². The van der Waals surface area contributed by atoms with E-state index in [2.05, 4.69) is 5.32 Å². The number of quaternary nitrogens is 1. The normalized spacial score (nSPS) is 11.7. The Labute approximate surface area is 163 Å². The van der Waals surface area contributed by atoms with Crippen molar-refractivity contribution in [1.29, 1.82) is 0 Å². The molecule has 2 N–H and O–H groups in total. The monoisotopic (exact) mass is 394 g/mol. The highest BCUT2D eigenvalue weighted by Crippen LogP contribution is 2.24. The minimum absolute atomic E-state index is 0.0197. The maximum atomic E-state index is 12.3. The molecular weight excluding hydrogens is 373 g/mol. The number of hydrogen-bond acceptors (Lipinski definition) is 2. The van der Waals surface area contributed by atoms with Crippen LogP contribution in [0.4, 0.5) is 5.69 Å². The largest absolute Gasteiger partial charge is 0.337 e. The molecule has 0 aromatic heterocycles. The number of likely N-dealkylation sites (N-methyl/N-ethyl adjacent to an activating group) is 2. The first kappa shape index (κ1) is 20.2. The molecule has 2 rings (SSSR count). The number of carbonyl (C=O) groups is 2. The molecule has 2 aromatic carbocycles. The summed E-state index contributed by atoms with van der Waals surface area (Å²) in [5.74, 6) is -0.215. The van der Waals surface area contributed by atoms with Crippen molar-refractivity contribution in [2.75, 3.05) is 32.5 Å². The third-order valence-corrected chi connectivity index (χ3v) is 4.55. The topological polar surface area (TPSA) is 53.9 Å². The van der Waals surface area contributed by atoms with Gasteiger partial charge in [0, 0.05) is 19.3 Å². The van der Waals surface area contributed by atoms with E-state index >= 15 is 0 Å². The van der Waals surface area contributed by atoms with Crippen LogP contribution in [0.5, 0.6) is 0 Å². The lowest BCUT2D eigenvalue weighted by atomic mass is 10.2. The number of hydrogen-bond donors (Lipinski definition) is 2. The van der Waals surface area contributed by atoms with Gasteiger partial charge in [-0.25, -0.2) is 0 Å². The maximum Gasteiger partial charge on any atom is 0.279 e. The molecular formula is C19H22Cl2N3O2+. The number of anilines is 1. The molecule has 26 heavy (non-hydrogen) atoms. The molecule has 0 aliphatic carbocycles. The van der Waals surface area contributed by atoms with Gasteiger partial charge in [-0.3, -0.25) is 9.59 Å². The summed E-state index contributed by atoms with van der Waals surface area (Å²) in [5, 5.41) is 3.56. The molecule has 2 aromatic rings. The lowest BCUT2D eigenvalue weighted by Crippen LogP contribution is -3.11. The highest BCUT2D eigenvalue weighted by atomic mass is 35.5. The molecule has 0 saturated heterocycles. The fourth-order valence-electron chi connectivity index (χ4n) is 2.45. The van der Waals surface area contributed by atoms with Crippen LogP contribution in [-0.4, -0.2) is 43.9 Å². The minimum Gasteiger partial charge on any atom is -0.337 e. The zero-order valence-electron chi connectivity index (χ0n) is 14.8. The predicted octanol–water partition coefficient (Wildman–Crippen LogP) is 2.11. The van der Waals surface area contributed by atoms with Crippen molar-refractivity contribution in [2.24, 2.45) is 0 Å². The molecule has 5 nitrogen and oxygen atoms in total. The van der Waals surface area contributed by atoms with E-state index in [9.17, 15) is 9.59 Å². The van der Waals surface area contributed by atoms with E-state index in [0.717, 1.165) is 10.5 Å². The summed E-state index contributed by atoms with van der Waals surface area (Å²) in [6, 6.07) is 14.7. The van der Waals surface area contributed by atoms with Crippen LogP contribution < -0.4 is 10.2 Å². The standard InChI is InChI=1S/C19H21Cl2N3O2/c1-23(12-18(25)22-15-8-9-16(20)17(21)10-15)13-19(26)24(2)11-14-6-4-3-5-7-14/h3-10H,11-13H2,1-2H3,(H,22,25)/p+1. The predicted molar refractivity (Wildman–Crippen MR) is 105 cm³/mol. The second-order valence-electron chi connectivity index (χ2n) is 6.22. The smallest absolute Gasteiger partial charge is 0.279 e. The van der Waals surface area contributed by atoms with Crippen molar-refractivity contribution < 1.29 is 14.5 Å². The van der Waals surface area contributed by atoms with E-state index in [0.29, 0.717) is 22.3 Å². The van der Waals surface area contributed by atoms with Gasteiger partial charge >= 0.3 is 0 Å². The summed E-state index contributed by atoms with van der Waals surface area (Å²) in [5.41, 5.74) is 1.64. The van der Waals surface area contributed by atoms with Crippen LogP contribution in [0, 0.1) is 0 Å². The average molecular weight is 395 g/mol. The molecule has 0 radical (unpaired) electrons. The molecule has 7 heteroatoms. The molecule has 0 spiro atoms. The Morgan fingerprint density at radius 3 is 2.38 bits per heavy atom. The van der Waals surface area contributed by atoms with Gasteiger partial charge in [-0.2, -0.15) is 0 Å². The first-order valence-electron chi connectivity index (χ1n) is 8.19. The van der Waals surface area contributed by atoms with Gasteiger partial charge in [-0.05, 0) is 23.8 Å². The highest BCUT2D eigenvalue weighted by molar-refractivity contribution is 6.42. The minimum atomic E-state index is -0.195. The quantitative estimate of drug-likeness (QED) is 0.755. The van der Waals surface area contributed by atoms with E-state index in [-0.39, 0.29) is 24.9 Å². The summed E-state index contributed by atoms with van der Waals surface area (Å²) in [7, 11) is 3.57. The fraction of sp³-hybridized carbons (Fsp3) is 0.263. The van der Waals surface area contributed by atoms with Crippen molar-refractivity contribution in [3.8, 4) is 0 Å². The van der Waals surface area contributed by atoms with Crippen molar-refractivity contribution >= 4 is 40.7 Å². The van der Waals surface area contributed by atoms with E-state index in [1.807, 2.05) is 37.4 Å². The van der Waals surface area contributed by atoms with Crippen LogP contribution in [0.1, 0.15) is 5.56 Å². The molecule has 0 heterocycles. The van der Waals surface area contributed by atoms with Crippen molar-refractivity contribution in [3.05, 3.63) is 64.1 Å². The molecule has 1 atom stereocenters. The SMILES string of the molecule is CN(Cc1ccccc1)C(=O)C[NH+](C)CC(=O)Nc1ccc(Cl)c(Cl)c1. The average Bonchev–Trinajstić information content (AvgIpc) is 2.58. The van der Waals surface area contributed by atoms with Crippen LogP contribution in [0.25, 0.3) is 0 Å². The van der Waals surface area contributed by atoms with Crippen LogP contribution >= 0.6 is 23.2 Å². The molecule has 0 saturated carbocycles. The third-order valence-electron chi connectivity index (χ3n) is 3.81. The Morgan fingerprint density at radius 2 is 1.73 bits per heavy atom. The van der Waals surface area contributed by atoms with Crippen molar-refractivity contribution in [1.82, 2.24) is 4.90 Å². The highest BCUT2D eigenvalue weighted by Gasteiger charge is 2.17. The number of amides is 2. The molecule has 2 amide bonds. The number of rotatable bonds is 7. The van der Waals surface area contributed by atoms with Gasteiger partial charge in [-0.1, -0.05) is 53.5 Å². The van der Waals surface area contributed by atoms with Gasteiger partial charge in [0.05, 0.1) is 17.1 Å². The van der Waals surface area contributed by atoms with Gasteiger partial charge in [-0.15, -0.1) is 0 Å². The number of nitrogens with zero attached hydrogens (tertiary/aromatic N) is 1. The molecule has 138 valence electrons. The number of carbonyl (C=O) groups excluding carboxylic acids is 2. The number of benzene rings is 2. The van der Waals surface area contributed by atoms with Gasteiger partial charge in [0.25, 0.3) is 11.8 Å². The summed E-state index contributed by atoms with van der Waals surface area (Å²) < 4.78 is 0. The summed E-state index contributed by atoms with van der Waals surface area (Å²) in [4.78, 5) is 26.9. The summed E-state index contributed by atoms with van der Waals surface area (Å²) >= 11 is 11.8. The second-order valence-corrected chi connectivity index (χ2v) is 7.04. The van der Waals surface area contributed by atoms with E-state index in [1.165, 1.54) is 0 Å². The zero-order valence-corrected chi connectivity index (χ0v) is 16.3. The van der Waals surface area contributed by atoms with Crippen LogP contribution in [0.3, 0.4) is 0 Å². The van der Waals surface area contributed by atoms with Crippen LogP contribution in [0.15, 0.2) is 48.5 Å². The van der Waals surface area contributed by atoms with Gasteiger partial charge < -0.3 is 15.1 Å². The van der Waals surface area contributed by atoms with Crippen molar-refractivity contribution in [2.45, 2.75) is 6.54 Å². The number of nitrogens with one attached hydrogen (secondary N) is 2. The third kappa shape index (κ3) is 6.33. The van der Waals surface area contributed by atoms with Gasteiger partial charge in [0.2, 0.25) is 0 Å². The molecule has 0 aliphatic rings. The second kappa shape index (κ2) is 9.57. The molecule has 1 unspecified atom stereocenters. The van der Waals surface area contributed by atoms with E-state index in [4.69, 9.17) is 23.2 Å². The Balaban J connectivity index is 1.81. The molecule has 0 bridgehead atoms. The Kier molecular flexibility index (Phi) is 7.45. The fourth-order valence-corrected chi connectivity index (χ4v) is 2.75. The first-order valence-corrected chi connectivity index (χ1v) is 8.95. The molecule has 0 aliphatic heterocycles. The van der Waals surface area contributed by atoms with E-state index < -0.39 is 0 Å². The maximum absolute atomic E-state index is 12.3. The van der Waals surface area contributed by atoms with Crippen LogP contribution in [0.2, 0.25) is 10.0 Å². The zero-order chi connectivity index (χ0) is 19.1.